The van der Waals surface area contributed by atoms with Gasteiger partial charge in [-0.3, -0.25) is 9.59 Å². The summed E-state index contributed by atoms with van der Waals surface area (Å²) < 4.78 is 12.2. The molecule has 0 bridgehead atoms. The Labute approximate surface area is 389 Å². The van der Waals surface area contributed by atoms with Gasteiger partial charge in [-0.15, -0.1) is 0 Å². The number of hydrogen-bond donors (Lipinski definition) is 0. The van der Waals surface area contributed by atoms with Gasteiger partial charge in [0.05, 0.1) is 0 Å². The molecule has 4 heteroatoms. The number of carbonyl (C=O) groups is 2. The Morgan fingerprint density at radius 3 is 1.32 bits per heavy atom. The van der Waals surface area contributed by atoms with Gasteiger partial charge in [0.2, 0.25) is 0 Å². The minimum absolute atomic E-state index is 0. The molecule has 16 atom stereocenters. The largest absolute Gasteiger partial charge is 0.462 e. The van der Waals surface area contributed by atoms with Crippen molar-refractivity contribution >= 4 is 11.9 Å². The highest BCUT2D eigenvalue weighted by atomic mass is 16.6. The summed E-state index contributed by atoms with van der Waals surface area (Å²) in [6.45, 7) is 25.1. The summed E-state index contributed by atoms with van der Waals surface area (Å²) >= 11 is 0. The van der Waals surface area contributed by atoms with E-state index in [4.69, 9.17) is 9.47 Å². The lowest BCUT2D eigenvalue weighted by Crippen LogP contribution is -2.51. The topological polar surface area (TPSA) is 52.6 Å². The maximum atomic E-state index is 13.3. The van der Waals surface area contributed by atoms with Gasteiger partial charge in [0.1, 0.15) is 18.6 Å². The Hall–Kier alpha value is -1.58. The van der Waals surface area contributed by atoms with Gasteiger partial charge in [0, 0.05) is 12.8 Å². The van der Waals surface area contributed by atoms with E-state index >= 15 is 0 Å². The number of hydrogen-bond acceptors (Lipinski definition) is 4. The van der Waals surface area contributed by atoms with Crippen molar-refractivity contribution in [3.63, 3.8) is 0 Å². The molecule has 8 aliphatic rings. The van der Waals surface area contributed by atoms with Crippen LogP contribution in [0, 0.1) is 92.7 Å². The fraction of sp³-hybridized carbons (Fsp3) is 0.898. The second-order valence-electron chi connectivity index (χ2n) is 25.5. The Balaban J connectivity index is 0.00000330. The van der Waals surface area contributed by atoms with Crippen LogP contribution in [0.3, 0.4) is 0 Å². The third-order valence-corrected chi connectivity index (χ3v) is 21.4. The van der Waals surface area contributed by atoms with Gasteiger partial charge in [0.25, 0.3) is 0 Å². The molecule has 0 aromatic rings. The molecular formula is C59H100O4. The van der Waals surface area contributed by atoms with Crippen LogP contribution in [0.5, 0.6) is 0 Å². The molecule has 0 radical (unpaired) electrons. The highest BCUT2D eigenvalue weighted by molar-refractivity contribution is 5.91. The normalized spacial score (nSPS) is 42.3. The standard InChI is InChI=1S/C57H92O4.2CH4/c1-36(2)13-11-15-38(5)46-21-23-48-44-19-17-40-33-42(25-29-54(40,7)50(44)27-31-56(46,48)9)60-52(58)35-53(59)61-43-26-30-55(8)41(34-43)18-20-45-49-24-22-47(39(6)16-12-14-37(3)4)57(49,10)32-28-51(45)55;;/h17-18,36-39,42-51H,11-16,19-35H2,1-10H3;2*1H4. The van der Waals surface area contributed by atoms with Gasteiger partial charge in [0.15, 0.2) is 0 Å². The van der Waals surface area contributed by atoms with Crippen molar-refractivity contribution in [2.45, 2.75) is 244 Å². The molecule has 0 heterocycles. The van der Waals surface area contributed by atoms with Crippen LogP contribution in [0.15, 0.2) is 23.3 Å². The predicted octanol–water partition coefficient (Wildman–Crippen LogP) is 16.6. The molecule has 4 nitrogen and oxygen atoms in total. The SMILES string of the molecule is C.C.CC(C)CCCC(C)C1CCC2C3CC=C4CC(OC(=O)CC(=O)OC5CCC6(C)C(=CCC7C6CCC6(C)C(C(C)CCCC(C)C)CCC76)C5)CCC4(C)C3CCC12C. The van der Waals surface area contributed by atoms with E-state index in [9.17, 15) is 9.59 Å². The maximum Gasteiger partial charge on any atom is 0.317 e. The first kappa shape index (κ1) is 50.8. The van der Waals surface area contributed by atoms with Crippen molar-refractivity contribution in [2.75, 3.05) is 0 Å². The lowest BCUT2D eigenvalue weighted by Gasteiger charge is -2.58. The van der Waals surface area contributed by atoms with Gasteiger partial charge in [-0.2, -0.15) is 0 Å². The van der Waals surface area contributed by atoms with E-state index in [1.54, 1.807) is 0 Å². The highest BCUT2D eigenvalue weighted by Gasteiger charge is 2.61. The minimum atomic E-state index is -0.393. The fourth-order valence-electron chi connectivity index (χ4n) is 18.1. The Morgan fingerprint density at radius 1 is 0.540 bits per heavy atom. The van der Waals surface area contributed by atoms with Crippen molar-refractivity contribution in [2.24, 2.45) is 92.7 Å². The number of allylic oxidation sites excluding steroid dienone is 2. The summed E-state index contributed by atoms with van der Waals surface area (Å²) in [6.07, 6.45) is 32.3. The summed E-state index contributed by atoms with van der Waals surface area (Å²) in [6, 6.07) is 0. The monoisotopic (exact) mass is 873 g/mol. The van der Waals surface area contributed by atoms with Gasteiger partial charge >= 0.3 is 11.9 Å². The van der Waals surface area contributed by atoms with E-state index < -0.39 is 11.9 Å². The van der Waals surface area contributed by atoms with Crippen LogP contribution in [0.1, 0.15) is 232 Å². The molecule has 0 N–H and O–H groups in total. The van der Waals surface area contributed by atoms with Gasteiger partial charge < -0.3 is 9.47 Å². The molecule has 6 fully saturated rings. The van der Waals surface area contributed by atoms with Crippen molar-refractivity contribution < 1.29 is 19.1 Å². The summed E-state index contributed by atoms with van der Waals surface area (Å²) in [5, 5.41) is 0. The van der Waals surface area contributed by atoms with Gasteiger partial charge in [-0.1, -0.05) is 146 Å². The van der Waals surface area contributed by atoms with E-state index in [1.807, 2.05) is 0 Å². The molecule has 360 valence electrons. The van der Waals surface area contributed by atoms with E-state index in [0.29, 0.717) is 10.8 Å². The van der Waals surface area contributed by atoms with Crippen LogP contribution in [-0.2, 0) is 19.1 Å². The van der Waals surface area contributed by atoms with E-state index in [-0.39, 0.29) is 44.3 Å². The van der Waals surface area contributed by atoms with Crippen LogP contribution in [0.4, 0.5) is 0 Å². The molecule has 16 unspecified atom stereocenters. The zero-order valence-electron chi connectivity index (χ0n) is 41.1. The smallest absolute Gasteiger partial charge is 0.317 e. The molecule has 0 aromatic heterocycles. The Bertz CT molecular complexity index is 1520. The lowest BCUT2D eigenvalue weighted by atomic mass is 9.47. The molecule has 8 aliphatic carbocycles. The first-order valence-corrected chi connectivity index (χ1v) is 26.7. The maximum absolute atomic E-state index is 13.3. The summed E-state index contributed by atoms with van der Waals surface area (Å²) in [7, 11) is 0. The first-order valence-electron chi connectivity index (χ1n) is 26.7. The molecule has 0 aliphatic heterocycles. The van der Waals surface area contributed by atoms with Crippen molar-refractivity contribution in [3.8, 4) is 0 Å². The van der Waals surface area contributed by atoms with Crippen LogP contribution in [-0.4, -0.2) is 24.1 Å². The van der Waals surface area contributed by atoms with Crippen LogP contribution >= 0.6 is 0 Å². The molecule has 8 rings (SSSR count). The lowest BCUT2D eigenvalue weighted by molar-refractivity contribution is -0.162. The number of carbonyl (C=O) groups excluding carboxylic acids is 2. The summed E-state index contributed by atoms with van der Waals surface area (Å²) in [5.74, 6) is 9.09. The minimum Gasteiger partial charge on any atom is -0.462 e. The Morgan fingerprint density at radius 2 is 0.937 bits per heavy atom. The highest BCUT2D eigenvalue weighted by Crippen LogP contribution is 2.69. The zero-order valence-corrected chi connectivity index (χ0v) is 41.1. The first-order chi connectivity index (χ1) is 29.0. The number of fused-ring (bicyclic) bond motifs is 10. The van der Waals surface area contributed by atoms with Crippen LogP contribution < -0.4 is 0 Å². The van der Waals surface area contributed by atoms with Gasteiger partial charge in [-0.25, -0.2) is 0 Å². The second kappa shape index (κ2) is 19.9. The third kappa shape index (κ3) is 9.62. The second-order valence-corrected chi connectivity index (χ2v) is 25.5. The Kier molecular flexibility index (Phi) is 16.1. The van der Waals surface area contributed by atoms with Crippen LogP contribution in [0.2, 0.25) is 0 Å². The summed E-state index contributed by atoms with van der Waals surface area (Å²) in [5.41, 5.74) is 4.51. The fourth-order valence-corrected chi connectivity index (χ4v) is 18.1. The van der Waals surface area contributed by atoms with E-state index in [0.717, 1.165) is 110 Å². The zero-order chi connectivity index (χ0) is 43.5. The molecule has 0 amide bonds. The van der Waals surface area contributed by atoms with E-state index in [1.165, 1.54) is 114 Å². The molecule has 0 spiro atoms. The number of ether oxygens (including phenoxy) is 2. The average molecular weight is 873 g/mol. The van der Waals surface area contributed by atoms with Crippen molar-refractivity contribution in [1.29, 1.82) is 0 Å². The molecular weight excluding hydrogens is 773 g/mol. The third-order valence-electron chi connectivity index (χ3n) is 21.4. The molecule has 0 aromatic carbocycles. The molecule has 6 saturated carbocycles. The predicted molar refractivity (Wildman–Crippen MR) is 264 cm³/mol. The quantitative estimate of drug-likeness (QED) is 0.0991. The van der Waals surface area contributed by atoms with Crippen LogP contribution in [0.25, 0.3) is 0 Å². The summed E-state index contributed by atoms with van der Waals surface area (Å²) in [4.78, 5) is 26.6. The molecule has 63 heavy (non-hydrogen) atoms. The molecule has 0 saturated heterocycles. The average Bonchev–Trinajstić information content (AvgIpc) is 3.74. The van der Waals surface area contributed by atoms with Gasteiger partial charge in [-0.05, 0) is 183 Å². The van der Waals surface area contributed by atoms with E-state index in [2.05, 4.69) is 81.4 Å². The van der Waals surface area contributed by atoms with Crippen molar-refractivity contribution in [1.82, 2.24) is 0 Å². The van der Waals surface area contributed by atoms with Crippen molar-refractivity contribution in [3.05, 3.63) is 23.3 Å². The number of esters is 2. The number of rotatable bonds is 14.